The van der Waals surface area contributed by atoms with Crippen LogP contribution in [-0.4, -0.2) is 11.1 Å². The van der Waals surface area contributed by atoms with E-state index in [4.69, 9.17) is 5.11 Å². The molecule has 0 saturated heterocycles. The normalized spacial score (nSPS) is 13.0. The van der Waals surface area contributed by atoms with Gasteiger partial charge >= 0.3 is 5.97 Å². The van der Waals surface area contributed by atoms with Gasteiger partial charge in [0.1, 0.15) is 0 Å². The monoisotopic (exact) mass is 186 g/mol. The SMILES string of the molecule is CCCC(C)(C)CC(C)(C)C(=O)O. The van der Waals surface area contributed by atoms with Crippen molar-refractivity contribution in [2.75, 3.05) is 0 Å². The highest BCUT2D eigenvalue weighted by atomic mass is 16.4. The summed E-state index contributed by atoms with van der Waals surface area (Å²) in [5, 5.41) is 8.97. The van der Waals surface area contributed by atoms with E-state index in [0.29, 0.717) is 0 Å². The first kappa shape index (κ1) is 12.5. The van der Waals surface area contributed by atoms with Crippen LogP contribution in [0, 0.1) is 10.8 Å². The van der Waals surface area contributed by atoms with Crippen LogP contribution in [0.1, 0.15) is 53.9 Å². The molecule has 0 aliphatic heterocycles. The van der Waals surface area contributed by atoms with E-state index in [0.717, 1.165) is 19.3 Å². The fraction of sp³-hybridized carbons (Fsp3) is 0.909. The van der Waals surface area contributed by atoms with Gasteiger partial charge in [0.05, 0.1) is 5.41 Å². The van der Waals surface area contributed by atoms with Gasteiger partial charge in [0, 0.05) is 0 Å². The Balaban J connectivity index is 4.33. The average molecular weight is 186 g/mol. The molecule has 0 bridgehead atoms. The number of rotatable bonds is 5. The van der Waals surface area contributed by atoms with Crippen molar-refractivity contribution < 1.29 is 9.90 Å². The standard InChI is InChI=1S/C11H22O2/c1-6-7-10(2,3)8-11(4,5)9(12)13/h6-8H2,1-5H3,(H,12,13). The molecule has 2 heteroatoms. The number of carbonyl (C=O) groups is 1. The van der Waals surface area contributed by atoms with E-state index in [9.17, 15) is 4.79 Å². The summed E-state index contributed by atoms with van der Waals surface area (Å²) in [4.78, 5) is 10.9. The number of hydrogen-bond donors (Lipinski definition) is 1. The smallest absolute Gasteiger partial charge is 0.309 e. The molecule has 0 unspecified atom stereocenters. The third-order valence-electron chi connectivity index (χ3n) is 2.43. The molecule has 0 amide bonds. The summed E-state index contributed by atoms with van der Waals surface area (Å²) in [6.07, 6.45) is 2.94. The third-order valence-corrected chi connectivity index (χ3v) is 2.43. The van der Waals surface area contributed by atoms with Gasteiger partial charge in [-0.3, -0.25) is 4.79 Å². The first-order chi connectivity index (χ1) is 5.71. The maximum atomic E-state index is 10.9. The lowest BCUT2D eigenvalue weighted by molar-refractivity contribution is -0.148. The van der Waals surface area contributed by atoms with E-state index >= 15 is 0 Å². The molecule has 0 aromatic rings. The molecule has 0 aliphatic carbocycles. The van der Waals surface area contributed by atoms with Crippen LogP contribution < -0.4 is 0 Å². The molecule has 0 radical (unpaired) electrons. The Morgan fingerprint density at radius 2 is 1.69 bits per heavy atom. The minimum atomic E-state index is -0.698. The highest BCUT2D eigenvalue weighted by molar-refractivity contribution is 5.73. The first-order valence-electron chi connectivity index (χ1n) is 4.95. The molecular formula is C11H22O2. The summed E-state index contributed by atoms with van der Waals surface area (Å²) in [6, 6.07) is 0. The van der Waals surface area contributed by atoms with Gasteiger partial charge in [-0.25, -0.2) is 0 Å². The Kier molecular flexibility index (Phi) is 3.95. The fourth-order valence-electron chi connectivity index (χ4n) is 2.04. The Bertz CT molecular complexity index is 181. The predicted molar refractivity (Wildman–Crippen MR) is 54.7 cm³/mol. The Labute approximate surface area is 81.3 Å². The fourth-order valence-corrected chi connectivity index (χ4v) is 2.04. The quantitative estimate of drug-likeness (QED) is 0.715. The number of hydrogen-bond acceptors (Lipinski definition) is 1. The predicted octanol–water partition coefficient (Wildman–Crippen LogP) is 3.31. The zero-order chi connectivity index (χ0) is 10.7. The van der Waals surface area contributed by atoms with Crippen LogP contribution in [0.4, 0.5) is 0 Å². The van der Waals surface area contributed by atoms with Crippen molar-refractivity contribution in [2.45, 2.75) is 53.9 Å². The molecule has 0 heterocycles. The number of carboxylic acids is 1. The van der Waals surface area contributed by atoms with Crippen LogP contribution in [0.5, 0.6) is 0 Å². The molecule has 1 N–H and O–H groups in total. The summed E-state index contributed by atoms with van der Waals surface area (Å²) >= 11 is 0. The first-order valence-corrected chi connectivity index (χ1v) is 4.95. The van der Waals surface area contributed by atoms with E-state index < -0.39 is 11.4 Å². The van der Waals surface area contributed by atoms with Gasteiger partial charge in [0.2, 0.25) is 0 Å². The highest BCUT2D eigenvalue weighted by Crippen LogP contribution is 2.36. The molecule has 0 rings (SSSR count). The molecular weight excluding hydrogens is 164 g/mol. The van der Waals surface area contributed by atoms with Gasteiger partial charge in [-0.2, -0.15) is 0 Å². The lowest BCUT2D eigenvalue weighted by atomic mass is 9.73. The second-order valence-corrected chi connectivity index (χ2v) is 5.28. The van der Waals surface area contributed by atoms with E-state index in [-0.39, 0.29) is 5.41 Å². The Morgan fingerprint density at radius 1 is 1.23 bits per heavy atom. The molecule has 13 heavy (non-hydrogen) atoms. The minimum absolute atomic E-state index is 0.136. The van der Waals surface area contributed by atoms with E-state index in [1.54, 1.807) is 13.8 Å². The van der Waals surface area contributed by atoms with Crippen molar-refractivity contribution >= 4 is 5.97 Å². The van der Waals surface area contributed by atoms with Crippen LogP contribution in [0.2, 0.25) is 0 Å². The third kappa shape index (κ3) is 4.30. The molecule has 0 saturated carbocycles. The van der Waals surface area contributed by atoms with Crippen molar-refractivity contribution in [2.24, 2.45) is 10.8 Å². The second-order valence-electron chi connectivity index (χ2n) is 5.28. The lowest BCUT2D eigenvalue weighted by Crippen LogP contribution is -2.30. The van der Waals surface area contributed by atoms with Gasteiger partial charge in [0.15, 0.2) is 0 Å². The number of carboxylic acid groups (broad SMARTS) is 1. The van der Waals surface area contributed by atoms with Crippen LogP contribution >= 0.6 is 0 Å². The van der Waals surface area contributed by atoms with E-state index in [1.807, 2.05) is 0 Å². The zero-order valence-electron chi connectivity index (χ0n) is 9.48. The summed E-state index contributed by atoms with van der Waals surface area (Å²) in [5.41, 5.74) is -0.463. The highest BCUT2D eigenvalue weighted by Gasteiger charge is 2.33. The molecule has 0 aliphatic rings. The molecule has 2 nitrogen and oxygen atoms in total. The van der Waals surface area contributed by atoms with Crippen LogP contribution in [0.3, 0.4) is 0 Å². The zero-order valence-corrected chi connectivity index (χ0v) is 9.48. The molecule has 0 spiro atoms. The molecule has 0 fully saturated rings. The topological polar surface area (TPSA) is 37.3 Å². The van der Waals surface area contributed by atoms with Gasteiger partial charge in [-0.15, -0.1) is 0 Å². The second kappa shape index (κ2) is 4.12. The molecule has 0 atom stereocenters. The lowest BCUT2D eigenvalue weighted by Gasteiger charge is -2.31. The van der Waals surface area contributed by atoms with Gasteiger partial charge in [-0.1, -0.05) is 27.2 Å². The van der Waals surface area contributed by atoms with Crippen LogP contribution in [0.15, 0.2) is 0 Å². The Morgan fingerprint density at radius 3 is 2.00 bits per heavy atom. The Hall–Kier alpha value is -0.530. The largest absolute Gasteiger partial charge is 0.481 e. The summed E-state index contributed by atoms with van der Waals surface area (Å²) in [6.45, 7) is 10.0. The molecule has 0 aromatic carbocycles. The van der Waals surface area contributed by atoms with Crippen molar-refractivity contribution in [3.8, 4) is 0 Å². The van der Waals surface area contributed by atoms with Crippen molar-refractivity contribution in [3.05, 3.63) is 0 Å². The summed E-state index contributed by atoms with van der Waals surface area (Å²) < 4.78 is 0. The molecule has 78 valence electrons. The van der Waals surface area contributed by atoms with Crippen LogP contribution in [0.25, 0.3) is 0 Å². The van der Waals surface area contributed by atoms with Gasteiger partial charge in [-0.05, 0) is 32.1 Å². The maximum Gasteiger partial charge on any atom is 0.309 e. The number of aliphatic carboxylic acids is 1. The average Bonchev–Trinajstić information content (AvgIpc) is 1.83. The van der Waals surface area contributed by atoms with Crippen molar-refractivity contribution in [1.29, 1.82) is 0 Å². The summed E-state index contributed by atoms with van der Waals surface area (Å²) in [7, 11) is 0. The summed E-state index contributed by atoms with van der Waals surface area (Å²) in [5.74, 6) is -0.698. The van der Waals surface area contributed by atoms with E-state index in [2.05, 4.69) is 20.8 Å². The van der Waals surface area contributed by atoms with Crippen molar-refractivity contribution in [3.63, 3.8) is 0 Å². The minimum Gasteiger partial charge on any atom is -0.481 e. The van der Waals surface area contributed by atoms with Crippen LogP contribution in [-0.2, 0) is 4.79 Å². The van der Waals surface area contributed by atoms with Gasteiger partial charge < -0.3 is 5.11 Å². The van der Waals surface area contributed by atoms with Crippen molar-refractivity contribution in [1.82, 2.24) is 0 Å². The van der Waals surface area contributed by atoms with Gasteiger partial charge in [0.25, 0.3) is 0 Å². The molecule has 0 aromatic heterocycles. The van der Waals surface area contributed by atoms with E-state index in [1.165, 1.54) is 0 Å². The maximum absolute atomic E-state index is 10.9.